The lowest BCUT2D eigenvalue weighted by Gasteiger charge is -2.32. The minimum absolute atomic E-state index is 0. The Morgan fingerprint density at radius 3 is 2.30 bits per heavy atom. The predicted octanol–water partition coefficient (Wildman–Crippen LogP) is 6.83. The molecule has 0 N–H and O–H groups in total. The van der Waals surface area contributed by atoms with Gasteiger partial charge < -0.3 is 4.90 Å². The third kappa shape index (κ3) is 5.63. The number of piperidine rings is 1. The summed E-state index contributed by atoms with van der Waals surface area (Å²) in [6.45, 7) is 3.29. The van der Waals surface area contributed by atoms with Crippen LogP contribution in [0.25, 0.3) is 10.8 Å². The van der Waals surface area contributed by atoms with Crippen molar-refractivity contribution in [3.05, 3.63) is 82.9 Å². The van der Waals surface area contributed by atoms with Crippen molar-refractivity contribution < 1.29 is 4.79 Å². The first-order chi connectivity index (χ1) is 14.2. The van der Waals surface area contributed by atoms with Crippen molar-refractivity contribution in [1.82, 2.24) is 4.90 Å². The van der Waals surface area contributed by atoms with E-state index in [2.05, 4.69) is 35.2 Å². The highest BCUT2D eigenvalue weighted by Crippen LogP contribution is 2.30. The number of carbonyl (C=O) groups is 1. The summed E-state index contributed by atoms with van der Waals surface area (Å²) in [7, 11) is 0. The Bertz CT molecular complexity index is 965. The van der Waals surface area contributed by atoms with Crippen molar-refractivity contribution in [2.45, 2.75) is 32.1 Å². The second-order valence-corrected chi connectivity index (χ2v) is 8.54. The molecule has 0 unspecified atom stereocenters. The normalized spacial score (nSPS) is 15.1. The van der Waals surface area contributed by atoms with Crippen molar-refractivity contribution in [1.29, 1.82) is 0 Å². The van der Waals surface area contributed by atoms with E-state index in [-0.39, 0.29) is 18.2 Å². The van der Waals surface area contributed by atoms with Crippen LogP contribution in [0.4, 0.5) is 0 Å². The number of rotatable bonds is 7. The van der Waals surface area contributed by atoms with Crippen LogP contribution in [0.3, 0.4) is 0 Å². The summed E-state index contributed by atoms with van der Waals surface area (Å²) in [6, 6.07) is 22.3. The van der Waals surface area contributed by atoms with Crippen molar-refractivity contribution >= 4 is 40.6 Å². The molecule has 3 aromatic carbocycles. The molecule has 0 radical (unpaired) electrons. The molecule has 0 aromatic heterocycles. The van der Waals surface area contributed by atoms with Crippen LogP contribution in [0, 0.1) is 5.92 Å². The van der Waals surface area contributed by atoms with Gasteiger partial charge in [0.05, 0.1) is 0 Å². The Labute approximate surface area is 190 Å². The van der Waals surface area contributed by atoms with Gasteiger partial charge in [-0.25, -0.2) is 0 Å². The predicted molar refractivity (Wildman–Crippen MR) is 129 cm³/mol. The van der Waals surface area contributed by atoms with Gasteiger partial charge in [-0.1, -0.05) is 72.3 Å². The Morgan fingerprint density at radius 1 is 0.900 bits per heavy atom. The van der Waals surface area contributed by atoms with Crippen LogP contribution in [0.2, 0.25) is 5.02 Å². The largest absolute Gasteiger partial charge is 0.303 e. The van der Waals surface area contributed by atoms with Crippen LogP contribution in [-0.2, 0) is 6.42 Å². The first-order valence-electron chi connectivity index (χ1n) is 10.7. The molecule has 0 aliphatic carbocycles. The van der Waals surface area contributed by atoms with Gasteiger partial charge >= 0.3 is 0 Å². The molecule has 1 aliphatic rings. The number of benzene rings is 3. The van der Waals surface area contributed by atoms with Crippen LogP contribution in [0.5, 0.6) is 0 Å². The smallest absolute Gasteiger partial charge is 0.162 e. The maximum Gasteiger partial charge on any atom is 0.162 e. The van der Waals surface area contributed by atoms with Crippen LogP contribution < -0.4 is 0 Å². The summed E-state index contributed by atoms with van der Waals surface area (Å²) in [6.07, 6.45) is 5.16. The molecule has 158 valence electrons. The van der Waals surface area contributed by atoms with Gasteiger partial charge in [0.2, 0.25) is 0 Å². The molecule has 1 fully saturated rings. The molecular weight excluding hydrogens is 413 g/mol. The molecule has 1 saturated heterocycles. The second kappa shape index (κ2) is 10.9. The zero-order valence-electron chi connectivity index (χ0n) is 17.2. The van der Waals surface area contributed by atoms with E-state index in [9.17, 15) is 4.79 Å². The van der Waals surface area contributed by atoms with Gasteiger partial charge in [-0.15, -0.1) is 12.4 Å². The Balaban J connectivity index is 0.00000256. The average molecular weight is 442 g/mol. The number of hydrogen-bond acceptors (Lipinski definition) is 2. The highest BCUT2D eigenvalue weighted by atomic mass is 35.5. The fraction of sp³-hybridized carbons (Fsp3) is 0.346. The summed E-state index contributed by atoms with van der Waals surface area (Å²) in [4.78, 5) is 14.8. The fourth-order valence-corrected chi connectivity index (χ4v) is 4.69. The Kier molecular flexibility index (Phi) is 8.32. The maximum absolute atomic E-state index is 12.2. The highest BCUT2D eigenvalue weighted by Gasteiger charge is 2.20. The maximum atomic E-state index is 12.2. The first-order valence-corrected chi connectivity index (χ1v) is 11.1. The summed E-state index contributed by atoms with van der Waals surface area (Å²) < 4.78 is 0. The molecule has 0 amide bonds. The van der Waals surface area contributed by atoms with E-state index >= 15 is 0 Å². The zero-order chi connectivity index (χ0) is 20.1. The van der Waals surface area contributed by atoms with Crippen LogP contribution in [-0.4, -0.2) is 30.3 Å². The number of nitrogens with zero attached hydrogens (tertiary/aromatic N) is 1. The summed E-state index contributed by atoms with van der Waals surface area (Å²) in [5, 5.41) is 3.29. The van der Waals surface area contributed by atoms with Crippen molar-refractivity contribution in [3.63, 3.8) is 0 Å². The van der Waals surface area contributed by atoms with E-state index in [4.69, 9.17) is 11.6 Å². The molecule has 0 atom stereocenters. The number of carbonyl (C=O) groups excluding carboxylic acids is 1. The van der Waals surface area contributed by atoms with E-state index in [0.29, 0.717) is 6.42 Å². The number of ketones is 1. The van der Waals surface area contributed by atoms with Crippen molar-refractivity contribution in [2.24, 2.45) is 5.92 Å². The lowest BCUT2D eigenvalue weighted by Crippen LogP contribution is -2.35. The van der Waals surface area contributed by atoms with E-state index in [1.165, 1.54) is 23.8 Å². The van der Waals surface area contributed by atoms with Gasteiger partial charge in [0.25, 0.3) is 0 Å². The SMILES string of the molecule is Cl.O=C(CCCN1CCC(Cc2ccc(Cl)c3ccccc23)CC1)c1ccccc1. The molecule has 3 aromatic rings. The number of likely N-dealkylation sites (tertiary alicyclic amines) is 1. The zero-order valence-corrected chi connectivity index (χ0v) is 18.8. The summed E-state index contributed by atoms with van der Waals surface area (Å²) in [5.41, 5.74) is 2.25. The molecule has 0 spiro atoms. The molecule has 0 bridgehead atoms. The fourth-order valence-electron chi connectivity index (χ4n) is 4.46. The molecule has 1 heterocycles. The second-order valence-electron chi connectivity index (χ2n) is 8.13. The standard InChI is InChI=1S/C26H28ClNO.ClH/c27-25-13-12-22(23-9-4-5-10-24(23)25)19-20-14-17-28(18-15-20)16-6-11-26(29)21-7-2-1-3-8-21;/h1-5,7-10,12-13,20H,6,11,14-19H2;1H. The van der Waals surface area contributed by atoms with Gasteiger partial charge in [0.15, 0.2) is 5.78 Å². The van der Waals surface area contributed by atoms with Crippen LogP contribution in [0.1, 0.15) is 41.6 Å². The molecule has 0 saturated carbocycles. The molecule has 1 aliphatic heterocycles. The average Bonchev–Trinajstić information content (AvgIpc) is 2.77. The van der Waals surface area contributed by atoms with E-state index in [1.807, 2.05) is 36.4 Å². The third-order valence-electron chi connectivity index (χ3n) is 6.15. The lowest BCUT2D eigenvalue weighted by atomic mass is 9.88. The van der Waals surface area contributed by atoms with Gasteiger partial charge in [-0.2, -0.15) is 0 Å². The van der Waals surface area contributed by atoms with Gasteiger partial charge in [-0.05, 0) is 68.3 Å². The molecule has 30 heavy (non-hydrogen) atoms. The monoisotopic (exact) mass is 441 g/mol. The number of Topliss-reactive ketones (excluding diaryl/α,β-unsaturated/α-hetero) is 1. The Hall–Kier alpha value is -1.87. The van der Waals surface area contributed by atoms with Crippen LogP contribution >= 0.6 is 24.0 Å². The molecule has 2 nitrogen and oxygen atoms in total. The van der Waals surface area contributed by atoms with Crippen LogP contribution in [0.15, 0.2) is 66.7 Å². The topological polar surface area (TPSA) is 20.3 Å². The summed E-state index contributed by atoms with van der Waals surface area (Å²) >= 11 is 6.37. The van der Waals surface area contributed by atoms with Gasteiger partial charge in [0, 0.05) is 22.4 Å². The molecule has 4 rings (SSSR count). The van der Waals surface area contributed by atoms with Crippen molar-refractivity contribution in [2.75, 3.05) is 19.6 Å². The minimum Gasteiger partial charge on any atom is -0.303 e. The number of fused-ring (bicyclic) bond motifs is 1. The molecular formula is C26H29Cl2NO. The van der Waals surface area contributed by atoms with E-state index in [0.717, 1.165) is 54.4 Å². The Morgan fingerprint density at radius 2 is 1.57 bits per heavy atom. The first kappa shape index (κ1) is 22.8. The quantitative estimate of drug-likeness (QED) is 0.374. The highest BCUT2D eigenvalue weighted by molar-refractivity contribution is 6.35. The minimum atomic E-state index is 0. The van der Waals surface area contributed by atoms with Gasteiger partial charge in [0.1, 0.15) is 0 Å². The number of hydrogen-bond donors (Lipinski definition) is 0. The lowest BCUT2D eigenvalue weighted by molar-refractivity contribution is 0.0970. The summed E-state index contributed by atoms with van der Waals surface area (Å²) in [5.74, 6) is 0.983. The number of halogens is 2. The van der Waals surface area contributed by atoms with E-state index < -0.39 is 0 Å². The van der Waals surface area contributed by atoms with Gasteiger partial charge in [-0.3, -0.25) is 4.79 Å². The molecule has 4 heteroatoms. The van der Waals surface area contributed by atoms with E-state index in [1.54, 1.807) is 0 Å². The van der Waals surface area contributed by atoms with Crippen molar-refractivity contribution in [3.8, 4) is 0 Å². The third-order valence-corrected chi connectivity index (χ3v) is 6.48.